The van der Waals surface area contributed by atoms with Crippen molar-refractivity contribution in [1.82, 2.24) is 9.97 Å². The van der Waals surface area contributed by atoms with E-state index in [-0.39, 0.29) is 16.7 Å². The third-order valence-electron chi connectivity index (χ3n) is 2.75. The van der Waals surface area contributed by atoms with Gasteiger partial charge in [-0.05, 0) is 18.6 Å². The maximum atomic E-state index is 13.6. The van der Waals surface area contributed by atoms with Gasteiger partial charge in [-0.25, -0.2) is 14.4 Å². The van der Waals surface area contributed by atoms with Crippen molar-refractivity contribution in [3.8, 4) is 0 Å². The van der Waals surface area contributed by atoms with E-state index in [2.05, 4.69) is 15.3 Å². The minimum absolute atomic E-state index is 0.00951. The number of alkyl halides is 3. The van der Waals surface area contributed by atoms with E-state index in [9.17, 15) is 17.6 Å². The van der Waals surface area contributed by atoms with Gasteiger partial charge < -0.3 is 5.32 Å². The lowest BCUT2D eigenvalue weighted by Gasteiger charge is -2.12. The highest BCUT2D eigenvalue weighted by molar-refractivity contribution is 5.89. The molecule has 0 unspecified atom stereocenters. The molecule has 0 aliphatic heterocycles. The smallest absolute Gasteiger partial charge is 0.369 e. The first-order valence-electron chi connectivity index (χ1n) is 6.21. The van der Waals surface area contributed by atoms with Crippen LogP contribution in [0.4, 0.5) is 23.4 Å². The average molecular weight is 287 g/mol. The van der Waals surface area contributed by atoms with Crippen LogP contribution in [0.1, 0.15) is 25.6 Å². The number of para-hydroxylation sites is 1. The molecule has 0 saturated heterocycles. The molecule has 2 aromatic rings. The van der Waals surface area contributed by atoms with E-state index in [0.717, 1.165) is 18.9 Å². The number of halogens is 4. The van der Waals surface area contributed by atoms with Crippen LogP contribution >= 0.6 is 0 Å². The molecule has 0 amide bonds. The maximum absolute atomic E-state index is 13.6. The number of aromatic nitrogens is 2. The van der Waals surface area contributed by atoms with Crippen molar-refractivity contribution in [2.45, 2.75) is 25.9 Å². The van der Waals surface area contributed by atoms with E-state index in [1.165, 1.54) is 12.1 Å². The molecule has 7 heteroatoms. The van der Waals surface area contributed by atoms with Gasteiger partial charge in [0.2, 0.25) is 5.82 Å². The number of nitrogens with one attached hydrogen (secondary N) is 1. The highest BCUT2D eigenvalue weighted by atomic mass is 19.4. The normalized spacial score (nSPS) is 11.8. The molecule has 0 spiro atoms. The SMILES string of the molecule is CCCCNc1nc(C(F)(F)F)nc2c(F)cccc12. The van der Waals surface area contributed by atoms with Crippen LogP contribution in [0.3, 0.4) is 0 Å². The Labute approximate surface area is 113 Å². The molecule has 0 radical (unpaired) electrons. The first-order chi connectivity index (χ1) is 9.43. The Morgan fingerprint density at radius 2 is 1.95 bits per heavy atom. The fourth-order valence-corrected chi connectivity index (χ4v) is 1.76. The summed E-state index contributed by atoms with van der Waals surface area (Å²) in [6, 6.07) is 3.98. The average Bonchev–Trinajstić information content (AvgIpc) is 2.38. The molecule has 1 heterocycles. The van der Waals surface area contributed by atoms with Gasteiger partial charge in [-0.3, -0.25) is 0 Å². The first-order valence-corrected chi connectivity index (χ1v) is 6.21. The number of hydrogen-bond acceptors (Lipinski definition) is 3. The van der Waals surface area contributed by atoms with Gasteiger partial charge >= 0.3 is 6.18 Å². The van der Waals surface area contributed by atoms with E-state index in [4.69, 9.17) is 0 Å². The second-order valence-electron chi connectivity index (χ2n) is 4.31. The number of anilines is 1. The Hall–Kier alpha value is -1.92. The van der Waals surface area contributed by atoms with Crippen molar-refractivity contribution in [2.75, 3.05) is 11.9 Å². The molecule has 0 atom stereocenters. The highest BCUT2D eigenvalue weighted by Gasteiger charge is 2.35. The number of benzene rings is 1. The van der Waals surface area contributed by atoms with Gasteiger partial charge in [-0.1, -0.05) is 19.4 Å². The summed E-state index contributed by atoms with van der Waals surface area (Å²) in [5, 5.41) is 3.06. The second kappa shape index (κ2) is 5.60. The van der Waals surface area contributed by atoms with Crippen LogP contribution in [0.2, 0.25) is 0 Å². The van der Waals surface area contributed by atoms with E-state index in [0.29, 0.717) is 6.54 Å². The Bertz CT molecular complexity index is 610. The van der Waals surface area contributed by atoms with Crippen molar-refractivity contribution in [2.24, 2.45) is 0 Å². The van der Waals surface area contributed by atoms with Crippen molar-refractivity contribution < 1.29 is 17.6 Å². The molecule has 1 N–H and O–H groups in total. The third-order valence-corrected chi connectivity index (χ3v) is 2.75. The summed E-state index contributed by atoms with van der Waals surface area (Å²) in [6.07, 6.45) is -3.05. The number of fused-ring (bicyclic) bond motifs is 1. The van der Waals surface area contributed by atoms with E-state index < -0.39 is 17.8 Å². The summed E-state index contributed by atoms with van der Waals surface area (Å²) in [5.41, 5.74) is -0.325. The van der Waals surface area contributed by atoms with E-state index in [1.807, 2.05) is 6.92 Å². The van der Waals surface area contributed by atoms with Crippen LogP contribution in [-0.4, -0.2) is 16.5 Å². The van der Waals surface area contributed by atoms with Crippen LogP contribution in [0.25, 0.3) is 10.9 Å². The number of hydrogen-bond donors (Lipinski definition) is 1. The van der Waals surface area contributed by atoms with Crippen LogP contribution in [-0.2, 0) is 6.18 Å². The molecule has 1 aromatic carbocycles. The lowest BCUT2D eigenvalue weighted by molar-refractivity contribution is -0.144. The molecule has 1 aromatic heterocycles. The summed E-state index contributed by atoms with van der Waals surface area (Å²) >= 11 is 0. The summed E-state index contributed by atoms with van der Waals surface area (Å²) in [4.78, 5) is 6.75. The quantitative estimate of drug-likeness (QED) is 0.682. The molecule has 3 nitrogen and oxygen atoms in total. The topological polar surface area (TPSA) is 37.8 Å². The van der Waals surface area contributed by atoms with Gasteiger partial charge in [0.1, 0.15) is 17.2 Å². The zero-order chi connectivity index (χ0) is 14.8. The predicted octanol–water partition coefficient (Wildman–Crippen LogP) is 4.00. The lowest BCUT2D eigenvalue weighted by atomic mass is 10.2. The summed E-state index contributed by atoms with van der Waals surface area (Å²) < 4.78 is 51.9. The maximum Gasteiger partial charge on any atom is 0.451 e. The van der Waals surface area contributed by atoms with Crippen molar-refractivity contribution in [3.63, 3.8) is 0 Å². The molecule has 2 rings (SSSR count). The molecule has 108 valence electrons. The minimum atomic E-state index is -4.71. The van der Waals surface area contributed by atoms with E-state index in [1.54, 1.807) is 0 Å². The van der Waals surface area contributed by atoms with Crippen molar-refractivity contribution >= 4 is 16.7 Å². The van der Waals surface area contributed by atoms with Crippen molar-refractivity contribution in [1.29, 1.82) is 0 Å². The molecule has 20 heavy (non-hydrogen) atoms. The van der Waals surface area contributed by atoms with Gasteiger partial charge in [0, 0.05) is 11.9 Å². The molecule has 0 saturated carbocycles. The summed E-state index contributed by atoms with van der Waals surface area (Å²) in [5.74, 6) is -2.13. The Kier molecular flexibility index (Phi) is 4.06. The standard InChI is InChI=1S/C13H13F4N3/c1-2-3-7-18-11-8-5-4-6-9(14)10(8)19-12(20-11)13(15,16)17/h4-6H,2-3,7H2,1H3,(H,18,19,20). The number of rotatable bonds is 4. The molecule has 0 fully saturated rings. The first kappa shape index (κ1) is 14.5. The van der Waals surface area contributed by atoms with Crippen LogP contribution in [0, 0.1) is 5.82 Å². The van der Waals surface area contributed by atoms with Crippen LogP contribution in [0.5, 0.6) is 0 Å². The summed E-state index contributed by atoms with van der Waals surface area (Å²) in [7, 11) is 0. The zero-order valence-corrected chi connectivity index (χ0v) is 10.8. The fourth-order valence-electron chi connectivity index (χ4n) is 1.76. The lowest BCUT2D eigenvalue weighted by Crippen LogP contribution is -2.14. The molecule has 0 aliphatic carbocycles. The van der Waals surface area contributed by atoms with Gasteiger partial charge in [0.25, 0.3) is 0 Å². The molecular formula is C13H13F4N3. The minimum Gasteiger partial charge on any atom is -0.369 e. The predicted molar refractivity (Wildman–Crippen MR) is 67.9 cm³/mol. The molecular weight excluding hydrogens is 274 g/mol. The number of unbranched alkanes of at least 4 members (excludes halogenated alkanes) is 1. The highest BCUT2D eigenvalue weighted by Crippen LogP contribution is 2.31. The third kappa shape index (κ3) is 2.97. The second-order valence-corrected chi connectivity index (χ2v) is 4.31. The van der Waals surface area contributed by atoms with Crippen molar-refractivity contribution in [3.05, 3.63) is 29.8 Å². The Morgan fingerprint density at radius 3 is 2.60 bits per heavy atom. The Morgan fingerprint density at radius 1 is 1.20 bits per heavy atom. The largest absolute Gasteiger partial charge is 0.451 e. The molecule has 0 aliphatic rings. The van der Waals surface area contributed by atoms with E-state index >= 15 is 0 Å². The van der Waals surface area contributed by atoms with Gasteiger partial charge in [-0.15, -0.1) is 0 Å². The molecule has 0 bridgehead atoms. The van der Waals surface area contributed by atoms with Gasteiger partial charge in [-0.2, -0.15) is 13.2 Å². The Balaban J connectivity index is 2.55. The summed E-state index contributed by atoms with van der Waals surface area (Å²) in [6.45, 7) is 2.43. The fraction of sp³-hybridized carbons (Fsp3) is 0.385. The monoisotopic (exact) mass is 287 g/mol. The zero-order valence-electron chi connectivity index (χ0n) is 10.8. The van der Waals surface area contributed by atoms with Gasteiger partial charge in [0.05, 0.1) is 0 Å². The van der Waals surface area contributed by atoms with Crippen LogP contribution in [0.15, 0.2) is 18.2 Å². The van der Waals surface area contributed by atoms with Gasteiger partial charge in [0.15, 0.2) is 0 Å². The number of nitrogens with zero attached hydrogens (tertiary/aromatic N) is 2. The van der Waals surface area contributed by atoms with Crippen LogP contribution < -0.4 is 5.32 Å².